The lowest BCUT2D eigenvalue weighted by Gasteiger charge is -2.09. The third-order valence-electron chi connectivity index (χ3n) is 4.54. The second-order valence-corrected chi connectivity index (χ2v) is 6.06. The maximum absolute atomic E-state index is 11.5. The zero-order valence-electron chi connectivity index (χ0n) is 14.4. The number of carboxylic acids is 1. The van der Waals surface area contributed by atoms with E-state index in [4.69, 9.17) is 4.74 Å². The van der Waals surface area contributed by atoms with Gasteiger partial charge in [0.05, 0.1) is 24.6 Å². The van der Waals surface area contributed by atoms with Crippen LogP contribution in [0.4, 0.5) is 0 Å². The van der Waals surface area contributed by atoms with Crippen molar-refractivity contribution in [3.63, 3.8) is 0 Å². The molecule has 0 radical (unpaired) electrons. The number of ether oxygens (including phenoxy) is 1. The molecule has 4 rings (SSSR count). The van der Waals surface area contributed by atoms with Crippen LogP contribution in [0.3, 0.4) is 0 Å². The quantitative estimate of drug-likeness (QED) is 0.611. The average molecular weight is 347 g/mol. The van der Waals surface area contributed by atoms with E-state index in [1.165, 1.54) is 0 Å². The summed E-state index contributed by atoms with van der Waals surface area (Å²) in [4.78, 5) is 20.4. The normalized spacial score (nSPS) is 11.2. The first-order valence-electron chi connectivity index (χ1n) is 8.20. The van der Waals surface area contributed by atoms with Crippen molar-refractivity contribution in [1.29, 1.82) is 0 Å². The molecular formula is C20H17N3O3. The van der Waals surface area contributed by atoms with Gasteiger partial charge in [-0.25, -0.2) is 4.98 Å². The number of aromatic nitrogens is 3. The lowest BCUT2D eigenvalue weighted by atomic mass is 10.1. The van der Waals surface area contributed by atoms with Gasteiger partial charge in [-0.2, -0.15) is 0 Å². The number of aliphatic carboxylic acids is 1. The van der Waals surface area contributed by atoms with Crippen LogP contribution < -0.4 is 4.74 Å². The number of hydrogen-bond acceptors (Lipinski definition) is 4. The van der Waals surface area contributed by atoms with Gasteiger partial charge in [0.1, 0.15) is 11.6 Å². The maximum atomic E-state index is 11.5. The van der Waals surface area contributed by atoms with Crippen molar-refractivity contribution in [1.82, 2.24) is 14.4 Å². The lowest BCUT2D eigenvalue weighted by Crippen LogP contribution is -2.01. The largest absolute Gasteiger partial charge is 0.497 e. The van der Waals surface area contributed by atoms with E-state index in [0.717, 1.165) is 39.1 Å². The molecule has 1 aromatic carbocycles. The maximum Gasteiger partial charge on any atom is 0.307 e. The highest BCUT2D eigenvalue weighted by atomic mass is 16.5. The van der Waals surface area contributed by atoms with E-state index in [0.29, 0.717) is 5.75 Å². The zero-order valence-corrected chi connectivity index (χ0v) is 14.4. The SMILES string of the molecule is COc1ccc2c(c1)c(CC(=O)O)c1ccnc(-c3cccnc3C)n12. The number of nitrogens with zero attached hydrogens (tertiary/aromatic N) is 3. The van der Waals surface area contributed by atoms with Crippen LogP contribution in [-0.4, -0.2) is 32.6 Å². The standard InChI is InChI=1S/C20H17N3O3/c1-12-14(4-3-8-21-12)20-22-9-7-18-16(11-19(24)25)15-10-13(26-2)5-6-17(15)23(18)20/h3-10H,11H2,1-2H3,(H,24,25). The van der Waals surface area contributed by atoms with Crippen LogP contribution in [0.25, 0.3) is 27.8 Å². The van der Waals surface area contributed by atoms with E-state index >= 15 is 0 Å². The Kier molecular flexibility index (Phi) is 3.80. The summed E-state index contributed by atoms with van der Waals surface area (Å²) < 4.78 is 7.33. The molecule has 0 amide bonds. The molecule has 0 spiro atoms. The third-order valence-corrected chi connectivity index (χ3v) is 4.54. The van der Waals surface area contributed by atoms with E-state index in [2.05, 4.69) is 9.97 Å². The van der Waals surface area contributed by atoms with Crippen molar-refractivity contribution in [2.45, 2.75) is 13.3 Å². The number of fused-ring (bicyclic) bond motifs is 3. The molecule has 0 unspecified atom stereocenters. The number of carbonyl (C=O) groups is 1. The Bertz CT molecular complexity index is 1150. The zero-order chi connectivity index (χ0) is 18.3. The van der Waals surface area contributed by atoms with E-state index in [-0.39, 0.29) is 6.42 Å². The number of pyridine rings is 1. The minimum atomic E-state index is -0.877. The molecule has 0 aliphatic rings. The number of methoxy groups -OCH3 is 1. The van der Waals surface area contributed by atoms with Gasteiger partial charge in [-0.05, 0) is 48.9 Å². The molecule has 0 aliphatic carbocycles. The van der Waals surface area contributed by atoms with Crippen molar-refractivity contribution in [2.75, 3.05) is 7.11 Å². The molecule has 0 saturated heterocycles. The third kappa shape index (κ3) is 2.47. The summed E-state index contributed by atoms with van der Waals surface area (Å²) in [5.41, 5.74) is 4.24. The molecule has 6 heteroatoms. The van der Waals surface area contributed by atoms with Crippen molar-refractivity contribution >= 4 is 22.4 Å². The summed E-state index contributed by atoms with van der Waals surface area (Å²) in [6.45, 7) is 1.93. The van der Waals surface area contributed by atoms with Crippen LogP contribution >= 0.6 is 0 Å². The minimum absolute atomic E-state index is 0.0738. The smallest absolute Gasteiger partial charge is 0.307 e. The van der Waals surface area contributed by atoms with Gasteiger partial charge in [0, 0.05) is 29.0 Å². The molecule has 0 bridgehead atoms. The molecule has 0 fully saturated rings. The first kappa shape index (κ1) is 16.1. The van der Waals surface area contributed by atoms with Gasteiger partial charge in [-0.1, -0.05) is 0 Å². The molecular weight excluding hydrogens is 330 g/mol. The van der Waals surface area contributed by atoms with E-state index < -0.39 is 5.97 Å². The minimum Gasteiger partial charge on any atom is -0.497 e. The van der Waals surface area contributed by atoms with Crippen molar-refractivity contribution in [2.24, 2.45) is 0 Å². The summed E-state index contributed by atoms with van der Waals surface area (Å²) in [6.07, 6.45) is 3.38. The molecule has 4 aromatic rings. The van der Waals surface area contributed by atoms with Crippen LogP contribution in [0.5, 0.6) is 5.75 Å². The number of aryl methyl sites for hydroxylation is 1. The van der Waals surface area contributed by atoms with Crippen LogP contribution in [-0.2, 0) is 11.2 Å². The fourth-order valence-corrected chi connectivity index (χ4v) is 3.37. The van der Waals surface area contributed by atoms with E-state index in [1.807, 2.05) is 47.7 Å². The van der Waals surface area contributed by atoms with Gasteiger partial charge in [0.2, 0.25) is 0 Å². The highest BCUT2D eigenvalue weighted by Crippen LogP contribution is 2.33. The number of hydrogen-bond donors (Lipinski definition) is 1. The Morgan fingerprint density at radius 2 is 2.00 bits per heavy atom. The first-order chi connectivity index (χ1) is 12.6. The second-order valence-electron chi connectivity index (χ2n) is 6.06. The van der Waals surface area contributed by atoms with Gasteiger partial charge in [0.25, 0.3) is 0 Å². The first-order valence-corrected chi connectivity index (χ1v) is 8.20. The molecule has 26 heavy (non-hydrogen) atoms. The van der Waals surface area contributed by atoms with Crippen LogP contribution in [0, 0.1) is 6.92 Å². The summed E-state index contributed by atoms with van der Waals surface area (Å²) in [6, 6.07) is 11.4. The molecule has 130 valence electrons. The predicted molar refractivity (Wildman–Crippen MR) is 98.6 cm³/mol. The van der Waals surface area contributed by atoms with E-state index in [9.17, 15) is 9.90 Å². The van der Waals surface area contributed by atoms with Crippen LogP contribution in [0.15, 0.2) is 48.8 Å². The molecule has 0 aliphatic heterocycles. The Labute approximate surface area is 149 Å². The number of carboxylic acid groups (broad SMARTS) is 1. The van der Waals surface area contributed by atoms with Gasteiger partial charge < -0.3 is 9.84 Å². The molecule has 0 saturated carbocycles. The Morgan fingerprint density at radius 3 is 2.73 bits per heavy atom. The number of rotatable bonds is 4. The van der Waals surface area contributed by atoms with Gasteiger partial charge in [-0.15, -0.1) is 0 Å². The Morgan fingerprint density at radius 1 is 1.15 bits per heavy atom. The summed E-state index contributed by atoms with van der Waals surface area (Å²) in [5, 5.41) is 10.2. The van der Waals surface area contributed by atoms with E-state index in [1.54, 1.807) is 19.5 Å². The highest BCUT2D eigenvalue weighted by molar-refractivity contribution is 5.97. The lowest BCUT2D eigenvalue weighted by molar-refractivity contribution is -0.136. The molecule has 3 aromatic heterocycles. The summed E-state index contributed by atoms with van der Waals surface area (Å²) in [7, 11) is 1.60. The Hall–Kier alpha value is -3.41. The Balaban J connectivity index is 2.14. The predicted octanol–water partition coefficient (Wildman–Crippen LogP) is 3.49. The number of benzene rings is 1. The second kappa shape index (κ2) is 6.15. The van der Waals surface area contributed by atoms with Crippen LogP contribution in [0.2, 0.25) is 0 Å². The van der Waals surface area contributed by atoms with Gasteiger partial charge in [0.15, 0.2) is 0 Å². The summed E-state index contributed by atoms with van der Waals surface area (Å²) in [5.74, 6) is 0.546. The van der Waals surface area contributed by atoms with Crippen molar-refractivity contribution in [3.8, 4) is 17.1 Å². The summed E-state index contributed by atoms with van der Waals surface area (Å²) >= 11 is 0. The van der Waals surface area contributed by atoms with Crippen LogP contribution in [0.1, 0.15) is 11.3 Å². The molecule has 6 nitrogen and oxygen atoms in total. The molecule has 1 N–H and O–H groups in total. The average Bonchev–Trinajstić information content (AvgIpc) is 2.95. The fraction of sp³-hybridized carbons (Fsp3) is 0.150. The van der Waals surface area contributed by atoms with Gasteiger partial charge >= 0.3 is 5.97 Å². The van der Waals surface area contributed by atoms with Crippen molar-refractivity contribution in [3.05, 3.63) is 60.0 Å². The molecule has 3 heterocycles. The van der Waals surface area contributed by atoms with Gasteiger partial charge in [-0.3, -0.25) is 14.2 Å². The van der Waals surface area contributed by atoms with Crippen molar-refractivity contribution < 1.29 is 14.6 Å². The molecule has 0 atom stereocenters. The monoisotopic (exact) mass is 347 g/mol. The topological polar surface area (TPSA) is 76.7 Å². The highest BCUT2D eigenvalue weighted by Gasteiger charge is 2.19. The fourth-order valence-electron chi connectivity index (χ4n) is 3.37.